The Morgan fingerprint density at radius 1 is 1.26 bits per heavy atom. The molecule has 2 rings (SSSR count). The zero-order valence-corrected chi connectivity index (χ0v) is 12.2. The Balaban J connectivity index is 2.14. The molecule has 0 spiro atoms. The lowest BCUT2D eigenvalue weighted by Crippen LogP contribution is -2.23. The first-order valence-electron chi connectivity index (χ1n) is 6.38. The lowest BCUT2D eigenvalue weighted by Gasteiger charge is -2.13. The summed E-state index contributed by atoms with van der Waals surface area (Å²) in [6.07, 6.45) is 0. The van der Waals surface area contributed by atoms with Crippen LogP contribution >= 0.6 is 0 Å². The molecule has 0 N–H and O–H groups in total. The highest BCUT2D eigenvalue weighted by Crippen LogP contribution is 2.20. The van der Waals surface area contributed by atoms with Gasteiger partial charge in [-0.1, -0.05) is 39.0 Å². The molecule has 0 saturated heterocycles. The predicted molar refractivity (Wildman–Crippen MR) is 77.9 cm³/mol. The number of carbonyl (C=O) groups is 1. The summed E-state index contributed by atoms with van der Waals surface area (Å²) in [6.45, 7) is 5.93. The number of hydrogen-bond acceptors (Lipinski definition) is 3. The van der Waals surface area contributed by atoms with E-state index in [0.717, 1.165) is 5.39 Å². The van der Waals surface area contributed by atoms with Gasteiger partial charge in [0.15, 0.2) is 5.76 Å². The van der Waals surface area contributed by atoms with Crippen molar-refractivity contribution in [2.24, 2.45) is 5.92 Å². The molecule has 102 valence electrons. The fourth-order valence-corrected chi connectivity index (χ4v) is 3.03. The maximum absolute atomic E-state index is 12.1. The fraction of sp³-hybridized carbons (Fsp3) is 0.400. The predicted octanol–water partition coefficient (Wildman–Crippen LogP) is 3.41. The molecule has 0 saturated carbocycles. The normalized spacial score (nSPS) is 14.7. The van der Waals surface area contributed by atoms with E-state index in [2.05, 4.69) is 0 Å². The minimum atomic E-state index is -1.16. The molecule has 19 heavy (non-hydrogen) atoms. The van der Waals surface area contributed by atoms with E-state index in [-0.39, 0.29) is 16.8 Å². The average molecular weight is 278 g/mol. The zero-order chi connectivity index (χ0) is 14.0. The Labute approximate surface area is 115 Å². The van der Waals surface area contributed by atoms with E-state index in [1.807, 2.05) is 45.0 Å². The molecular weight excluding hydrogens is 260 g/mol. The highest BCUT2D eigenvalue weighted by atomic mass is 32.2. The molecule has 2 aromatic rings. The Kier molecular flexibility index (Phi) is 4.20. The van der Waals surface area contributed by atoms with Gasteiger partial charge in [0, 0.05) is 21.4 Å². The number of fused-ring (bicyclic) bond motifs is 1. The molecule has 0 fully saturated rings. The van der Waals surface area contributed by atoms with Gasteiger partial charge < -0.3 is 4.42 Å². The number of benzene rings is 1. The van der Waals surface area contributed by atoms with Gasteiger partial charge in [0.05, 0.1) is 5.75 Å². The molecule has 1 aromatic carbocycles. The maximum atomic E-state index is 12.1. The quantitative estimate of drug-likeness (QED) is 0.787. The average Bonchev–Trinajstić information content (AvgIpc) is 2.81. The van der Waals surface area contributed by atoms with E-state index in [9.17, 15) is 9.00 Å². The summed E-state index contributed by atoms with van der Waals surface area (Å²) >= 11 is 0. The van der Waals surface area contributed by atoms with Crippen molar-refractivity contribution in [3.63, 3.8) is 0 Å². The van der Waals surface area contributed by atoms with Gasteiger partial charge in [-0.2, -0.15) is 0 Å². The van der Waals surface area contributed by atoms with Gasteiger partial charge in [-0.3, -0.25) is 9.00 Å². The molecule has 1 heterocycles. The second-order valence-electron chi connectivity index (χ2n) is 5.05. The largest absolute Gasteiger partial charge is 0.453 e. The van der Waals surface area contributed by atoms with Crippen molar-refractivity contribution in [2.75, 3.05) is 5.75 Å². The van der Waals surface area contributed by atoms with Crippen molar-refractivity contribution in [1.29, 1.82) is 0 Å². The number of Topliss-reactive ketones (excluding diaryl/α,β-unsaturated/α-hetero) is 1. The molecule has 2 unspecified atom stereocenters. The van der Waals surface area contributed by atoms with Crippen LogP contribution in [-0.4, -0.2) is 21.0 Å². The van der Waals surface area contributed by atoms with Crippen molar-refractivity contribution in [2.45, 2.75) is 26.0 Å². The Hall–Kier alpha value is -1.42. The van der Waals surface area contributed by atoms with Gasteiger partial charge in [-0.15, -0.1) is 0 Å². The topological polar surface area (TPSA) is 47.3 Å². The minimum Gasteiger partial charge on any atom is -0.453 e. The number of furan rings is 1. The van der Waals surface area contributed by atoms with Crippen LogP contribution in [0.3, 0.4) is 0 Å². The Bertz CT molecular complexity index is 580. The summed E-state index contributed by atoms with van der Waals surface area (Å²) < 4.78 is 17.5. The van der Waals surface area contributed by atoms with Crippen molar-refractivity contribution in [3.05, 3.63) is 36.1 Å². The van der Waals surface area contributed by atoms with Gasteiger partial charge in [-0.05, 0) is 18.1 Å². The van der Waals surface area contributed by atoms with Crippen LogP contribution in [0.25, 0.3) is 11.0 Å². The third kappa shape index (κ3) is 3.13. The summed E-state index contributed by atoms with van der Waals surface area (Å²) in [4.78, 5) is 12.1. The van der Waals surface area contributed by atoms with Gasteiger partial charge >= 0.3 is 0 Å². The zero-order valence-electron chi connectivity index (χ0n) is 11.4. The van der Waals surface area contributed by atoms with Gasteiger partial charge in [-0.25, -0.2) is 0 Å². The van der Waals surface area contributed by atoms with Crippen LogP contribution in [0.1, 0.15) is 31.3 Å². The van der Waals surface area contributed by atoms with Crippen LogP contribution in [0.15, 0.2) is 34.7 Å². The third-order valence-electron chi connectivity index (χ3n) is 3.33. The van der Waals surface area contributed by atoms with Gasteiger partial charge in [0.25, 0.3) is 0 Å². The Morgan fingerprint density at radius 2 is 1.95 bits per heavy atom. The summed E-state index contributed by atoms with van der Waals surface area (Å²) in [5, 5.41) is 0.905. The van der Waals surface area contributed by atoms with E-state index < -0.39 is 10.8 Å². The number of carbonyl (C=O) groups excluding carboxylic acids is 1. The van der Waals surface area contributed by atoms with Crippen LogP contribution in [0.2, 0.25) is 0 Å². The van der Waals surface area contributed by atoms with Crippen LogP contribution < -0.4 is 0 Å². The maximum Gasteiger partial charge on any atom is 0.210 e. The van der Waals surface area contributed by atoms with Crippen molar-refractivity contribution in [1.82, 2.24) is 0 Å². The standard InChI is InChI=1S/C15H18O3S/c1-10(2)11(3)19(17)9-13(16)15-8-12-6-4-5-7-14(12)18-15/h4-8,10-11H,9H2,1-3H3. The fourth-order valence-electron chi connectivity index (χ4n) is 1.75. The number of hydrogen-bond donors (Lipinski definition) is 0. The molecule has 3 nitrogen and oxygen atoms in total. The SMILES string of the molecule is CC(C)C(C)S(=O)CC(=O)c1cc2ccccc2o1. The molecule has 0 aliphatic rings. The first kappa shape index (κ1) is 14.0. The van der Waals surface area contributed by atoms with Crippen LogP contribution in [-0.2, 0) is 10.8 Å². The van der Waals surface area contributed by atoms with Crippen LogP contribution in [0.5, 0.6) is 0 Å². The van der Waals surface area contributed by atoms with Gasteiger partial charge in [0.2, 0.25) is 5.78 Å². The molecule has 0 aliphatic heterocycles. The van der Waals surface area contributed by atoms with Crippen LogP contribution in [0.4, 0.5) is 0 Å². The second kappa shape index (κ2) is 5.70. The third-order valence-corrected chi connectivity index (χ3v) is 5.25. The van der Waals surface area contributed by atoms with Crippen molar-refractivity contribution < 1.29 is 13.4 Å². The smallest absolute Gasteiger partial charge is 0.210 e. The highest BCUT2D eigenvalue weighted by molar-refractivity contribution is 7.86. The highest BCUT2D eigenvalue weighted by Gasteiger charge is 2.21. The monoisotopic (exact) mass is 278 g/mol. The summed E-state index contributed by atoms with van der Waals surface area (Å²) in [7, 11) is -1.16. The number of rotatable bonds is 5. The summed E-state index contributed by atoms with van der Waals surface area (Å²) in [6, 6.07) is 9.18. The number of ketones is 1. The molecular formula is C15H18O3S. The van der Waals surface area contributed by atoms with E-state index in [1.165, 1.54) is 0 Å². The lowest BCUT2D eigenvalue weighted by molar-refractivity contribution is 0.0993. The molecule has 0 amide bonds. The van der Waals surface area contributed by atoms with E-state index in [4.69, 9.17) is 4.42 Å². The first-order chi connectivity index (χ1) is 8.99. The summed E-state index contributed by atoms with van der Waals surface area (Å²) in [5.74, 6) is 0.427. The molecule has 2 atom stereocenters. The molecule has 4 heteroatoms. The lowest BCUT2D eigenvalue weighted by atomic mass is 10.2. The van der Waals surface area contributed by atoms with E-state index in [1.54, 1.807) is 6.07 Å². The van der Waals surface area contributed by atoms with Gasteiger partial charge in [0.1, 0.15) is 5.58 Å². The van der Waals surface area contributed by atoms with Crippen LogP contribution in [0, 0.1) is 5.92 Å². The van der Waals surface area contributed by atoms with Crippen molar-refractivity contribution >= 4 is 27.6 Å². The molecule has 0 aliphatic carbocycles. The second-order valence-corrected chi connectivity index (χ2v) is 6.84. The van der Waals surface area contributed by atoms with Crippen molar-refractivity contribution in [3.8, 4) is 0 Å². The Morgan fingerprint density at radius 3 is 2.58 bits per heavy atom. The molecule has 1 aromatic heterocycles. The number of para-hydroxylation sites is 1. The summed E-state index contributed by atoms with van der Waals surface area (Å²) in [5.41, 5.74) is 0.688. The molecule has 0 bridgehead atoms. The first-order valence-corrected chi connectivity index (χ1v) is 7.76. The van der Waals surface area contributed by atoms with E-state index in [0.29, 0.717) is 17.3 Å². The molecule has 0 radical (unpaired) electrons. The van der Waals surface area contributed by atoms with E-state index >= 15 is 0 Å². The minimum absolute atomic E-state index is 0.00771.